The standard InChI is InChI=1S/C11H24O3.C11H24O2.C9H20O2.C9H20O.C6H14O.CH4/c1-11(2,3)5-6-13-9-10-14-8-7-12-4;1-5-7-12-9-10-13-8-6-11(2,3)4;1-9(2,3)5-6-11-8-7-10-4;1-5-7-10-8-6-9(2,3)4;1-6(2,3)4-5-7;/h5-10H2,1-4H3;5-10H2,1-4H3;5-8H2,1-4H3;5-8H2,1-4H3;7H,4-5H2,1-3H3;1H4. The Bertz CT molecular complexity index is 697. The summed E-state index contributed by atoms with van der Waals surface area (Å²) in [5.74, 6) is 0. The highest BCUT2D eigenvalue weighted by molar-refractivity contribution is 4.62. The van der Waals surface area contributed by atoms with Crippen molar-refractivity contribution in [2.24, 2.45) is 27.1 Å². The first kappa shape index (κ1) is 67.4. The number of methoxy groups -OCH3 is 2. The average molecular weight is 815 g/mol. The van der Waals surface area contributed by atoms with Crippen LogP contribution in [0.3, 0.4) is 0 Å². The van der Waals surface area contributed by atoms with E-state index in [0.717, 1.165) is 97.8 Å². The van der Waals surface area contributed by atoms with E-state index >= 15 is 0 Å². The molecule has 0 fully saturated rings. The third-order valence-electron chi connectivity index (χ3n) is 7.15. The van der Waals surface area contributed by atoms with Gasteiger partial charge in [-0.25, -0.2) is 0 Å². The number of aliphatic hydroxyl groups excluding tert-OH is 1. The monoisotopic (exact) mass is 815 g/mol. The fourth-order valence-electron chi connectivity index (χ4n) is 3.27. The zero-order valence-electron chi connectivity index (χ0n) is 40.8. The van der Waals surface area contributed by atoms with Crippen LogP contribution in [0, 0.1) is 27.1 Å². The molecule has 9 heteroatoms. The first-order valence-corrected chi connectivity index (χ1v) is 21.4. The van der Waals surface area contributed by atoms with Crippen LogP contribution in [0.2, 0.25) is 0 Å². The van der Waals surface area contributed by atoms with Gasteiger partial charge >= 0.3 is 0 Å². The normalized spacial score (nSPS) is 11.8. The Hall–Kier alpha value is -0.360. The van der Waals surface area contributed by atoms with Crippen LogP contribution in [0.15, 0.2) is 0 Å². The molecule has 0 unspecified atom stereocenters. The largest absolute Gasteiger partial charge is 0.396 e. The molecular formula is C47H106O9. The van der Waals surface area contributed by atoms with Crippen molar-refractivity contribution in [1.29, 1.82) is 0 Å². The van der Waals surface area contributed by atoms with E-state index in [2.05, 4.69) is 118 Å². The summed E-state index contributed by atoms with van der Waals surface area (Å²) in [6.07, 6.45) is 7.58. The molecule has 0 aliphatic heterocycles. The summed E-state index contributed by atoms with van der Waals surface area (Å²) in [6, 6.07) is 0. The highest BCUT2D eigenvalue weighted by Crippen LogP contribution is 2.20. The minimum atomic E-state index is 0. The van der Waals surface area contributed by atoms with Gasteiger partial charge in [0.2, 0.25) is 0 Å². The van der Waals surface area contributed by atoms with Crippen LogP contribution in [-0.4, -0.2) is 118 Å². The molecule has 0 saturated heterocycles. The number of aliphatic hydroxyl groups is 1. The van der Waals surface area contributed by atoms with Gasteiger partial charge in [-0.2, -0.15) is 0 Å². The van der Waals surface area contributed by atoms with Crippen molar-refractivity contribution in [2.75, 3.05) is 113 Å². The Balaban J connectivity index is -0.000000141. The molecule has 0 saturated carbocycles. The van der Waals surface area contributed by atoms with Crippen molar-refractivity contribution >= 4 is 0 Å². The van der Waals surface area contributed by atoms with Gasteiger partial charge in [0.15, 0.2) is 0 Å². The van der Waals surface area contributed by atoms with Crippen LogP contribution in [0.1, 0.15) is 170 Å². The maximum absolute atomic E-state index is 8.40. The summed E-state index contributed by atoms with van der Waals surface area (Å²) < 4.78 is 41.8. The van der Waals surface area contributed by atoms with E-state index in [1.165, 1.54) is 0 Å². The van der Waals surface area contributed by atoms with E-state index in [-0.39, 0.29) is 7.43 Å². The lowest BCUT2D eigenvalue weighted by Crippen LogP contribution is -2.13. The van der Waals surface area contributed by atoms with Crippen LogP contribution in [0.5, 0.6) is 0 Å². The van der Waals surface area contributed by atoms with Crippen LogP contribution >= 0.6 is 0 Å². The minimum Gasteiger partial charge on any atom is -0.396 e. The van der Waals surface area contributed by atoms with Crippen LogP contribution in [0.25, 0.3) is 0 Å². The summed E-state index contributed by atoms with van der Waals surface area (Å²) in [5, 5.41) is 8.40. The maximum Gasteiger partial charge on any atom is 0.0701 e. The molecule has 0 aliphatic rings. The molecule has 0 aromatic carbocycles. The van der Waals surface area contributed by atoms with Crippen molar-refractivity contribution in [3.63, 3.8) is 0 Å². The van der Waals surface area contributed by atoms with Crippen LogP contribution < -0.4 is 0 Å². The second-order valence-electron chi connectivity index (χ2n) is 19.9. The molecule has 0 spiro atoms. The van der Waals surface area contributed by atoms with Crippen LogP contribution in [0.4, 0.5) is 0 Å². The summed E-state index contributed by atoms with van der Waals surface area (Å²) in [6.45, 7) is 48.3. The SMILES string of the molecule is C.CC(C)(C)CCO.CCCOCCC(C)(C)C.CCCOCCOCCC(C)(C)C.COCCOCCC(C)(C)C.COCCOCCOCCC(C)(C)C. The Morgan fingerprint density at radius 1 is 0.304 bits per heavy atom. The molecule has 0 amide bonds. The third-order valence-corrected chi connectivity index (χ3v) is 7.15. The van der Waals surface area contributed by atoms with Gasteiger partial charge in [0, 0.05) is 60.5 Å². The van der Waals surface area contributed by atoms with Crippen molar-refractivity contribution < 1.29 is 43.0 Å². The van der Waals surface area contributed by atoms with Gasteiger partial charge < -0.3 is 43.0 Å². The third kappa shape index (κ3) is 94.6. The molecule has 56 heavy (non-hydrogen) atoms. The predicted octanol–water partition coefficient (Wildman–Crippen LogP) is 12.0. The molecule has 0 aromatic rings. The minimum absolute atomic E-state index is 0. The van der Waals surface area contributed by atoms with Crippen molar-refractivity contribution in [3.05, 3.63) is 0 Å². The zero-order valence-corrected chi connectivity index (χ0v) is 40.8. The topological polar surface area (TPSA) is 94.1 Å². The second-order valence-corrected chi connectivity index (χ2v) is 19.9. The molecule has 1 N–H and O–H groups in total. The Morgan fingerprint density at radius 2 is 0.500 bits per heavy atom. The van der Waals surface area contributed by atoms with Gasteiger partial charge in [-0.05, 0) is 72.0 Å². The van der Waals surface area contributed by atoms with Gasteiger partial charge in [-0.1, -0.05) is 125 Å². The van der Waals surface area contributed by atoms with E-state index in [4.69, 9.17) is 43.0 Å². The van der Waals surface area contributed by atoms with Gasteiger partial charge in [0.05, 0.1) is 52.9 Å². The predicted molar refractivity (Wildman–Crippen MR) is 243 cm³/mol. The quantitative estimate of drug-likeness (QED) is 0.0904. The van der Waals surface area contributed by atoms with Crippen LogP contribution in [-0.2, 0) is 37.9 Å². The van der Waals surface area contributed by atoms with Gasteiger partial charge in [-0.3, -0.25) is 0 Å². The van der Waals surface area contributed by atoms with E-state index in [1.54, 1.807) is 14.2 Å². The molecule has 9 nitrogen and oxygen atoms in total. The molecule has 348 valence electrons. The zero-order chi connectivity index (χ0) is 43.7. The Morgan fingerprint density at radius 3 is 0.679 bits per heavy atom. The Labute approximate surface area is 352 Å². The number of hydrogen-bond donors (Lipinski definition) is 1. The van der Waals surface area contributed by atoms with E-state index in [0.29, 0.717) is 73.3 Å². The van der Waals surface area contributed by atoms with Gasteiger partial charge in [0.1, 0.15) is 0 Å². The molecule has 0 aromatic heterocycles. The molecule has 0 bridgehead atoms. The molecule has 0 aliphatic carbocycles. The highest BCUT2D eigenvalue weighted by Gasteiger charge is 2.11. The summed E-state index contributed by atoms with van der Waals surface area (Å²) in [5.41, 5.74) is 1.84. The van der Waals surface area contributed by atoms with E-state index in [9.17, 15) is 0 Å². The van der Waals surface area contributed by atoms with Crippen molar-refractivity contribution in [1.82, 2.24) is 0 Å². The summed E-state index contributed by atoms with van der Waals surface area (Å²) in [7, 11) is 3.36. The lowest BCUT2D eigenvalue weighted by molar-refractivity contribution is 0.0194. The number of hydrogen-bond acceptors (Lipinski definition) is 9. The fraction of sp³-hybridized carbons (Fsp3) is 1.00. The lowest BCUT2D eigenvalue weighted by Gasteiger charge is -2.17. The fourth-order valence-corrected chi connectivity index (χ4v) is 3.27. The lowest BCUT2D eigenvalue weighted by atomic mass is 9.93. The number of rotatable bonds is 25. The summed E-state index contributed by atoms with van der Waals surface area (Å²) >= 11 is 0. The van der Waals surface area contributed by atoms with Gasteiger partial charge in [0.25, 0.3) is 0 Å². The highest BCUT2D eigenvalue weighted by atomic mass is 16.5. The maximum atomic E-state index is 8.40. The molecular weight excluding hydrogens is 709 g/mol. The summed E-state index contributed by atoms with van der Waals surface area (Å²) in [4.78, 5) is 0. The van der Waals surface area contributed by atoms with E-state index in [1.807, 2.05) is 0 Å². The van der Waals surface area contributed by atoms with Crippen molar-refractivity contribution in [2.45, 2.75) is 170 Å². The first-order valence-electron chi connectivity index (χ1n) is 21.4. The molecule has 0 atom stereocenters. The Kier molecular flexibility index (Phi) is 53.2. The number of ether oxygens (including phenoxy) is 8. The molecule has 0 rings (SSSR count). The first-order chi connectivity index (χ1) is 25.3. The van der Waals surface area contributed by atoms with E-state index < -0.39 is 0 Å². The second kappa shape index (κ2) is 44.2. The molecule has 0 radical (unpaired) electrons. The van der Waals surface area contributed by atoms with Crippen molar-refractivity contribution in [3.8, 4) is 0 Å². The molecule has 0 heterocycles. The van der Waals surface area contributed by atoms with Gasteiger partial charge in [-0.15, -0.1) is 0 Å². The average Bonchev–Trinajstić information content (AvgIpc) is 3.03. The smallest absolute Gasteiger partial charge is 0.0701 e.